The number of anilines is 2. The van der Waals surface area contributed by atoms with Crippen molar-refractivity contribution in [3.63, 3.8) is 0 Å². The molecule has 4 rings (SSSR count). The average Bonchev–Trinajstić information content (AvgIpc) is 2.84. The Balaban J connectivity index is 0.000000196. The van der Waals surface area contributed by atoms with Crippen LogP contribution in [0.4, 0.5) is 15.8 Å². The van der Waals surface area contributed by atoms with Crippen molar-refractivity contribution < 1.29 is 9.18 Å². The summed E-state index contributed by atoms with van der Waals surface area (Å²) in [5, 5.41) is 8.03. The third-order valence-corrected chi connectivity index (χ3v) is 5.88. The third kappa shape index (κ3) is 6.71. The maximum absolute atomic E-state index is 14.0. The fourth-order valence-corrected chi connectivity index (χ4v) is 3.89. The van der Waals surface area contributed by atoms with Gasteiger partial charge in [-0.1, -0.05) is 42.5 Å². The third-order valence-electron chi connectivity index (χ3n) is 5.88. The molecule has 1 atom stereocenters. The summed E-state index contributed by atoms with van der Waals surface area (Å²) >= 11 is 0. The van der Waals surface area contributed by atoms with Crippen molar-refractivity contribution in [1.29, 1.82) is 0 Å². The SMILES string of the molecule is C/C(N)=C/Nc1ccc(N2CCN(C)CC2)cc1F.CC(NC=O)c1cccc2ccccc12. The quantitative estimate of drug-likeness (QED) is 0.471. The summed E-state index contributed by atoms with van der Waals surface area (Å²) < 4.78 is 14.0. The lowest BCUT2D eigenvalue weighted by Gasteiger charge is -2.34. The molecular formula is C27H34FN5O. The lowest BCUT2D eigenvalue weighted by Crippen LogP contribution is -2.44. The van der Waals surface area contributed by atoms with E-state index in [0.717, 1.165) is 43.8 Å². The minimum atomic E-state index is -0.256. The van der Waals surface area contributed by atoms with E-state index in [1.165, 1.54) is 10.8 Å². The highest BCUT2D eigenvalue weighted by molar-refractivity contribution is 5.86. The van der Waals surface area contributed by atoms with E-state index in [1.54, 1.807) is 25.3 Å². The molecule has 1 aliphatic heterocycles. The van der Waals surface area contributed by atoms with E-state index in [2.05, 4.69) is 45.7 Å². The Bertz CT molecular complexity index is 1120. The highest BCUT2D eigenvalue weighted by Crippen LogP contribution is 2.24. The number of likely N-dealkylation sites (N-methyl/N-ethyl adjacent to an activating group) is 1. The van der Waals surface area contributed by atoms with Crippen LogP contribution in [0.2, 0.25) is 0 Å². The molecule has 1 saturated heterocycles. The zero-order valence-electron chi connectivity index (χ0n) is 20.1. The molecule has 7 heteroatoms. The predicted octanol–water partition coefficient (Wildman–Crippen LogP) is 4.46. The number of allylic oxidation sites excluding steroid dienone is 1. The first-order chi connectivity index (χ1) is 16.4. The number of carbonyl (C=O) groups excluding carboxylic acids is 1. The van der Waals surface area contributed by atoms with Crippen molar-refractivity contribution in [3.8, 4) is 0 Å². The summed E-state index contributed by atoms with van der Waals surface area (Å²) in [6.45, 7) is 7.63. The van der Waals surface area contributed by atoms with Gasteiger partial charge in [0.15, 0.2) is 0 Å². The van der Waals surface area contributed by atoms with Gasteiger partial charge in [0.25, 0.3) is 0 Å². The number of amides is 1. The molecule has 0 saturated carbocycles. The van der Waals surface area contributed by atoms with Gasteiger partial charge in [0.2, 0.25) is 6.41 Å². The summed E-state index contributed by atoms with van der Waals surface area (Å²) in [6, 6.07) is 19.6. The van der Waals surface area contributed by atoms with Crippen molar-refractivity contribution in [2.45, 2.75) is 19.9 Å². The molecule has 0 bridgehead atoms. The van der Waals surface area contributed by atoms with Gasteiger partial charge >= 0.3 is 0 Å². The Hall–Kier alpha value is -3.58. The Morgan fingerprint density at radius 3 is 2.44 bits per heavy atom. The smallest absolute Gasteiger partial charge is 0.207 e. The summed E-state index contributed by atoms with van der Waals surface area (Å²) in [7, 11) is 2.10. The second-order valence-electron chi connectivity index (χ2n) is 8.56. The summed E-state index contributed by atoms with van der Waals surface area (Å²) in [5.41, 5.74) is 8.66. The minimum Gasteiger partial charge on any atom is -0.401 e. The van der Waals surface area contributed by atoms with Crippen LogP contribution in [0.3, 0.4) is 0 Å². The van der Waals surface area contributed by atoms with Gasteiger partial charge in [-0.15, -0.1) is 0 Å². The number of hydrogen-bond donors (Lipinski definition) is 3. The zero-order valence-corrected chi connectivity index (χ0v) is 20.1. The fourth-order valence-electron chi connectivity index (χ4n) is 3.89. The number of nitrogens with two attached hydrogens (primary N) is 1. The van der Waals surface area contributed by atoms with Crippen LogP contribution >= 0.6 is 0 Å². The Kier molecular flexibility index (Phi) is 8.87. The van der Waals surface area contributed by atoms with E-state index in [-0.39, 0.29) is 11.9 Å². The van der Waals surface area contributed by atoms with Gasteiger partial charge in [-0.3, -0.25) is 4.79 Å². The first kappa shape index (κ1) is 25.1. The second-order valence-corrected chi connectivity index (χ2v) is 8.56. The first-order valence-electron chi connectivity index (χ1n) is 11.5. The molecular weight excluding hydrogens is 429 g/mol. The van der Waals surface area contributed by atoms with Crippen LogP contribution in [0.1, 0.15) is 25.5 Å². The van der Waals surface area contributed by atoms with Gasteiger partial charge in [0.05, 0.1) is 11.7 Å². The monoisotopic (exact) mass is 463 g/mol. The first-order valence-corrected chi connectivity index (χ1v) is 11.5. The van der Waals surface area contributed by atoms with Crippen molar-refractivity contribution in [2.24, 2.45) is 5.73 Å². The number of halogens is 1. The number of rotatable bonds is 6. The number of fused-ring (bicyclic) bond motifs is 1. The van der Waals surface area contributed by atoms with Gasteiger partial charge in [-0.05, 0) is 55.4 Å². The lowest BCUT2D eigenvalue weighted by atomic mass is 10.00. The summed E-state index contributed by atoms with van der Waals surface area (Å²) in [6.07, 6.45) is 2.33. The number of piperazine rings is 1. The molecule has 3 aromatic carbocycles. The van der Waals surface area contributed by atoms with Crippen molar-refractivity contribution in [1.82, 2.24) is 10.2 Å². The Morgan fingerprint density at radius 1 is 1.06 bits per heavy atom. The average molecular weight is 464 g/mol. The highest BCUT2D eigenvalue weighted by Gasteiger charge is 2.15. The second kappa shape index (κ2) is 12.0. The number of carbonyl (C=O) groups is 1. The van der Waals surface area contributed by atoms with Crippen LogP contribution in [-0.4, -0.2) is 44.5 Å². The molecule has 6 nitrogen and oxygen atoms in total. The highest BCUT2D eigenvalue weighted by atomic mass is 19.1. The normalized spacial score (nSPS) is 15.3. The topological polar surface area (TPSA) is 73.6 Å². The molecule has 1 unspecified atom stereocenters. The van der Waals surface area contributed by atoms with E-state index in [9.17, 15) is 9.18 Å². The fraction of sp³-hybridized carbons (Fsp3) is 0.296. The maximum Gasteiger partial charge on any atom is 0.207 e. The molecule has 1 amide bonds. The number of nitrogens with one attached hydrogen (secondary N) is 2. The molecule has 0 radical (unpaired) electrons. The van der Waals surface area contributed by atoms with Crippen molar-refractivity contribution >= 4 is 28.6 Å². The number of hydrogen-bond acceptors (Lipinski definition) is 5. The van der Waals surface area contributed by atoms with E-state index >= 15 is 0 Å². The van der Waals surface area contributed by atoms with Gasteiger partial charge in [-0.25, -0.2) is 4.39 Å². The van der Waals surface area contributed by atoms with Crippen molar-refractivity contribution in [3.05, 3.63) is 83.9 Å². The van der Waals surface area contributed by atoms with Crippen molar-refractivity contribution in [2.75, 3.05) is 43.4 Å². The van der Waals surface area contributed by atoms with Crippen LogP contribution in [0.15, 0.2) is 72.6 Å². The number of benzene rings is 3. The Morgan fingerprint density at radius 2 is 1.76 bits per heavy atom. The molecule has 180 valence electrons. The van der Waals surface area contributed by atoms with Gasteiger partial charge in [0, 0.05) is 43.8 Å². The lowest BCUT2D eigenvalue weighted by molar-refractivity contribution is -0.110. The zero-order chi connectivity index (χ0) is 24.5. The van der Waals surface area contributed by atoms with Crippen LogP contribution in [-0.2, 0) is 4.79 Å². The van der Waals surface area contributed by atoms with Gasteiger partial charge < -0.3 is 26.2 Å². The molecule has 1 aliphatic rings. The summed E-state index contributed by atoms with van der Waals surface area (Å²) in [5.74, 6) is -0.256. The molecule has 3 aromatic rings. The molecule has 0 spiro atoms. The summed E-state index contributed by atoms with van der Waals surface area (Å²) in [4.78, 5) is 14.9. The molecule has 34 heavy (non-hydrogen) atoms. The molecule has 1 fully saturated rings. The van der Waals surface area contributed by atoms with Crippen LogP contribution < -0.4 is 21.3 Å². The molecule has 0 aliphatic carbocycles. The van der Waals surface area contributed by atoms with E-state index in [0.29, 0.717) is 11.4 Å². The van der Waals surface area contributed by atoms with Crippen LogP contribution in [0.5, 0.6) is 0 Å². The Labute approximate surface area is 201 Å². The molecule has 0 aromatic heterocycles. The predicted molar refractivity (Wildman–Crippen MR) is 139 cm³/mol. The van der Waals surface area contributed by atoms with E-state index < -0.39 is 0 Å². The number of nitrogens with zero attached hydrogens (tertiary/aromatic N) is 2. The molecule has 4 N–H and O–H groups in total. The van der Waals surface area contributed by atoms with E-state index in [4.69, 9.17) is 5.73 Å². The van der Waals surface area contributed by atoms with Crippen LogP contribution in [0.25, 0.3) is 10.8 Å². The van der Waals surface area contributed by atoms with Gasteiger partial charge in [0.1, 0.15) is 5.82 Å². The van der Waals surface area contributed by atoms with Gasteiger partial charge in [-0.2, -0.15) is 0 Å². The standard InChI is InChI=1S/C14H21FN4.C13H13NO/c1-11(16)10-17-14-4-3-12(9-13(14)15)19-7-5-18(2)6-8-19;1-10(14-9-15)12-8-4-6-11-5-2-3-7-13(11)12/h3-4,9-10,17H,5-8,16H2,1-2H3;2-10H,1H3,(H,14,15)/b11-10-;. The largest absolute Gasteiger partial charge is 0.401 e. The molecule has 1 heterocycles. The minimum absolute atomic E-state index is 0.0496. The van der Waals surface area contributed by atoms with Crippen LogP contribution in [0, 0.1) is 5.82 Å². The maximum atomic E-state index is 14.0. The van der Waals surface area contributed by atoms with E-state index in [1.807, 2.05) is 37.3 Å².